The number of rotatable bonds is 3. The standard InChI is InChI=1S/C10H16N2/c1-4-5-9(11)10-7(2)6-8(3)12-10/h4,6,9,12H,1,5,11H2,2-3H3/t9-/m0/s1. The van der Waals surface area contributed by atoms with Crippen molar-refractivity contribution >= 4 is 0 Å². The topological polar surface area (TPSA) is 41.8 Å². The molecule has 66 valence electrons. The number of H-pyrrole nitrogens is 1. The summed E-state index contributed by atoms with van der Waals surface area (Å²) in [6.07, 6.45) is 2.67. The van der Waals surface area contributed by atoms with Gasteiger partial charge >= 0.3 is 0 Å². The average Bonchev–Trinajstić information content (AvgIpc) is 2.30. The molecule has 0 amide bonds. The van der Waals surface area contributed by atoms with Gasteiger partial charge in [-0.1, -0.05) is 6.08 Å². The van der Waals surface area contributed by atoms with Crippen LogP contribution in [-0.4, -0.2) is 4.98 Å². The summed E-state index contributed by atoms with van der Waals surface area (Å²) in [5, 5.41) is 0. The highest BCUT2D eigenvalue weighted by molar-refractivity contribution is 5.26. The van der Waals surface area contributed by atoms with Crippen LogP contribution in [0.4, 0.5) is 0 Å². The minimum Gasteiger partial charge on any atom is -0.361 e. The Morgan fingerprint density at radius 2 is 2.33 bits per heavy atom. The molecule has 0 spiro atoms. The molecule has 1 heterocycles. The number of hydrogen-bond donors (Lipinski definition) is 2. The van der Waals surface area contributed by atoms with Crippen LogP contribution in [-0.2, 0) is 0 Å². The van der Waals surface area contributed by atoms with Crippen LogP contribution >= 0.6 is 0 Å². The summed E-state index contributed by atoms with van der Waals surface area (Å²) in [6.45, 7) is 7.78. The molecule has 0 saturated heterocycles. The largest absolute Gasteiger partial charge is 0.361 e. The van der Waals surface area contributed by atoms with Crippen molar-refractivity contribution in [1.82, 2.24) is 4.98 Å². The van der Waals surface area contributed by atoms with E-state index in [4.69, 9.17) is 5.73 Å². The minimum absolute atomic E-state index is 0.0659. The van der Waals surface area contributed by atoms with Gasteiger partial charge in [0.15, 0.2) is 0 Å². The van der Waals surface area contributed by atoms with Crippen molar-refractivity contribution in [3.8, 4) is 0 Å². The lowest BCUT2D eigenvalue weighted by Crippen LogP contribution is -2.10. The van der Waals surface area contributed by atoms with Crippen LogP contribution < -0.4 is 5.73 Å². The summed E-state index contributed by atoms with van der Waals surface area (Å²) in [6, 6.07) is 2.18. The van der Waals surface area contributed by atoms with E-state index < -0.39 is 0 Å². The molecule has 2 nitrogen and oxygen atoms in total. The monoisotopic (exact) mass is 164 g/mol. The Bertz CT molecular complexity index is 273. The molecule has 0 bridgehead atoms. The maximum atomic E-state index is 5.92. The molecule has 0 aliphatic carbocycles. The van der Waals surface area contributed by atoms with E-state index in [9.17, 15) is 0 Å². The molecule has 3 N–H and O–H groups in total. The summed E-state index contributed by atoms with van der Waals surface area (Å²) in [4.78, 5) is 3.26. The fourth-order valence-corrected chi connectivity index (χ4v) is 1.43. The third-order valence-electron chi connectivity index (χ3n) is 1.98. The third-order valence-corrected chi connectivity index (χ3v) is 1.98. The summed E-state index contributed by atoms with van der Waals surface area (Å²) < 4.78 is 0. The highest BCUT2D eigenvalue weighted by atomic mass is 14.8. The number of nitrogens with two attached hydrogens (primary N) is 1. The SMILES string of the molecule is C=CC[C@H](N)c1[nH]c(C)cc1C. The van der Waals surface area contributed by atoms with Crippen molar-refractivity contribution in [1.29, 1.82) is 0 Å². The summed E-state index contributed by atoms with van der Waals surface area (Å²) in [7, 11) is 0. The second kappa shape index (κ2) is 3.59. The van der Waals surface area contributed by atoms with Crippen LogP contribution in [0.3, 0.4) is 0 Å². The predicted octanol–water partition coefficient (Wildman–Crippen LogP) is 2.21. The Kier molecular flexibility index (Phi) is 2.71. The molecule has 1 aromatic rings. The molecule has 0 aliphatic heterocycles. The van der Waals surface area contributed by atoms with Crippen molar-refractivity contribution < 1.29 is 0 Å². The normalized spacial score (nSPS) is 12.9. The van der Waals surface area contributed by atoms with E-state index >= 15 is 0 Å². The first-order valence-corrected chi connectivity index (χ1v) is 4.17. The van der Waals surface area contributed by atoms with Gasteiger partial charge in [0.25, 0.3) is 0 Å². The first kappa shape index (κ1) is 9.07. The molecule has 1 aromatic heterocycles. The number of aromatic nitrogens is 1. The van der Waals surface area contributed by atoms with Gasteiger partial charge in [-0.2, -0.15) is 0 Å². The lowest BCUT2D eigenvalue weighted by Gasteiger charge is -2.07. The molecule has 0 unspecified atom stereocenters. The molecule has 12 heavy (non-hydrogen) atoms. The Labute approximate surface area is 73.5 Å². The van der Waals surface area contributed by atoms with E-state index in [-0.39, 0.29) is 6.04 Å². The van der Waals surface area contributed by atoms with Gasteiger partial charge in [-0.15, -0.1) is 6.58 Å². The fraction of sp³-hybridized carbons (Fsp3) is 0.400. The third kappa shape index (κ3) is 1.77. The predicted molar refractivity (Wildman–Crippen MR) is 52.0 cm³/mol. The van der Waals surface area contributed by atoms with Crippen LogP contribution in [0, 0.1) is 13.8 Å². The first-order valence-electron chi connectivity index (χ1n) is 4.17. The zero-order chi connectivity index (χ0) is 9.14. The lowest BCUT2D eigenvalue weighted by molar-refractivity contribution is 0.712. The zero-order valence-electron chi connectivity index (χ0n) is 7.72. The maximum Gasteiger partial charge on any atom is 0.0485 e. The fourth-order valence-electron chi connectivity index (χ4n) is 1.43. The molecular formula is C10H16N2. The van der Waals surface area contributed by atoms with Crippen molar-refractivity contribution in [2.24, 2.45) is 5.73 Å². The molecule has 2 heteroatoms. The Hall–Kier alpha value is -1.02. The van der Waals surface area contributed by atoms with Crippen molar-refractivity contribution in [2.75, 3.05) is 0 Å². The van der Waals surface area contributed by atoms with Gasteiger partial charge in [0, 0.05) is 17.4 Å². The van der Waals surface area contributed by atoms with Crippen molar-refractivity contribution in [3.05, 3.63) is 35.7 Å². The number of nitrogens with one attached hydrogen (secondary N) is 1. The van der Waals surface area contributed by atoms with E-state index in [1.54, 1.807) is 0 Å². The number of aryl methyl sites for hydroxylation is 2. The average molecular weight is 164 g/mol. The summed E-state index contributed by atoms with van der Waals surface area (Å²) in [5.41, 5.74) is 9.46. The number of hydrogen-bond acceptors (Lipinski definition) is 1. The smallest absolute Gasteiger partial charge is 0.0485 e. The summed E-state index contributed by atoms with van der Waals surface area (Å²) in [5.74, 6) is 0. The first-order chi connectivity index (χ1) is 5.65. The highest BCUT2D eigenvalue weighted by Crippen LogP contribution is 2.18. The molecular weight excluding hydrogens is 148 g/mol. The van der Waals surface area contributed by atoms with E-state index in [0.29, 0.717) is 0 Å². The molecule has 0 aliphatic rings. The molecule has 1 atom stereocenters. The molecule has 0 aromatic carbocycles. The zero-order valence-corrected chi connectivity index (χ0v) is 7.72. The van der Waals surface area contributed by atoms with Crippen molar-refractivity contribution in [2.45, 2.75) is 26.3 Å². The lowest BCUT2D eigenvalue weighted by atomic mass is 10.1. The molecule has 0 fully saturated rings. The van der Waals surface area contributed by atoms with E-state index in [0.717, 1.165) is 12.1 Å². The van der Waals surface area contributed by atoms with Gasteiger partial charge in [0.05, 0.1) is 0 Å². The second-order valence-corrected chi connectivity index (χ2v) is 3.18. The van der Waals surface area contributed by atoms with Gasteiger partial charge in [0.2, 0.25) is 0 Å². The van der Waals surface area contributed by atoms with Gasteiger partial charge in [-0.3, -0.25) is 0 Å². The van der Waals surface area contributed by atoms with Gasteiger partial charge in [0.1, 0.15) is 0 Å². The van der Waals surface area contributed by atoms with E-state index in [1.807, 2.05) is 13.0 Å². The Morgan fingerprint density at radius 3 is 2.75 bits per heavy atom. The quantitative estimate of drug-likeness (QED) is 0.661. The van der Waals surface area contributed by atoms with Crippen molar-refractivity contribution in [3.63, 3.8) is 0 Å². The van der Waals surface area contributed by atoms with Crippen LogP contribution in [0.1, 0.15) is 29.4 Å². The van der Waals surface area contributed by atoms with Crippen LogP contribution in [0.2, 0.25) is 0 Å². The van der Waals surface area contributed by atoms with Gasteiger partial charge in [-0.05, 0) is 31.9 Å². The van der Waals surface area contributed by atoms with E-state index in [1.165, 1.54) is 11.3 Å². The second-order valence-electron chi connectivity index (χ2n) is 3.18. The molecule has 1 rings (SSSR count). The number of aromatic amines is 1. The van der Waals surface area contributed by atoms with Crippen LogP contribution in [0.15, 0.2) is 18.7 Å². The summed E-state index contributed by atoms with van der Waals surface area (Å²) >= 11 is 0. The molecule has 0 radical (unpaired) electrons. The van der Waals surface area contributed by atoms with Gasteiger partial charge < -0.3 is 10.7 Å². The highest BCUT2D eigenvalue weighted by Gasteiger charge is 2.08. The molecule has 0 saturated carbocycles. The van der Waals surface area contributed by atoms with E-state index in [2.05, 4.69) is 24.6 Å². The van der Waals surface area contributed by atoms with Crippen LogP contribution in [0.5, 0.6) is 0 Å². The van der Waals surface area contributed by atoms with Crippen LogP contribution in [0.25, 0.3) is 0 Å². The minimum atomic E-state index is 0.0659. The Balaban J connectivity index is 2.85. The van der Waals surface area contributed by atoms with Gasteiger partial charge in [-0.25, -0.2) is 0 Å². The maximum absolute atomic E-state index is 5.92. The Morgan fingerprint density at radius 1 is 1.67 bits per heavy atom.